The number of benzene rings is 1. The molecule has 3 amide bonds. The smallest absolute Gasteiger partial charge is 0.264 e. The molecule has 2 aliphatic heterocycles. The van der Waals surface area contributed by atoms with Gasteiger partial charge in [-0.05, 0) is 29.7 Å². The second kappa shape index (κ2) is 9.90. The molecule has 5 rings (SSSR count). The van der Waals surface area contributed by atoms with Crippen molar-refractivity contribution < 1.29 is 14.4 Å². The van der Waals surface area contributed by atoms with Crippen molar-refractivity contribution in [3.63, 3.8) is 0 Å². The van der Waals surface area contributed by atoms with Crippen molar-refractivity contribution in [3.8, 4) is 11.4 Å². The number of amides is 3. The fourth-order valence-electron chi connectivity index (χ4n) is 4.73. The number of pyridine rings is 1. The van der Waals surface area contributed by atoms with Gasteiger partial charge in [0.15, 0.2) is 0 Å². The molecule has 0 aliphatic carbocycles. The van der Waals surface area contributed by atoms with E-state index in [9.17, 15) is 14.4 Å². The molecule has 186 valence electrons. The molecule has 0 unspecified atom stereocenters. The molecule has 1 fully saturated rings. The normalized spacial score (nSPS) is 18.2. The Balaban J connectivity index is 1.25. The van der Waals surface area contributed by atoms with Gasteiger partial charge in [0.05, 0.1) is 5.69 Å². The standard InChI is InChI=1S/C26H29N7O3/c1-17(14-23(34)28-22-15-21(30-31(22)2)20-10-5-6-11-27-20)25(35)29-24-19-9-4-3-8-18(19)16-32-12-7-13-33(32)26(24)36/h3-6,8-11,15,17,24H,7,12-14,16H2,1-2H3,(H,28,34)(H,29,35)/t17-,24+/m1/s1. The van der Waals surface area contributed by atoms with Crippen LogP contribution in [0, 0.1) is 5.92 Å². The summed E-state index contributed by atoms with van der Waals surface area (Å²) in [5, 5.41) is 13.9. The van der Waals surface area contributed by atoms with Gasteiger partial charge >= 0.3 is 0 Å². The number of aromatic nitrogens is 3. The fourth-order valence-corrected chi connectivity index (χ4v) is 4.73. The molecule has 0 radical (unpaired) electrons. The van der Waals surface area contributed by atoms with E-state index in [1.165, 1.54) is 0 Å². The van der Waals surface area contributed by atoms with E-state index in [1.807, 2.05) is 47.5 Å². The van der Waals surface area contributed by atoms with E-state index in [-0.39, 0.29) is 24.1 Å². The van der Waals surface area contributed by atoms with Crippen LogP contribution < -0.4 is 10.6 Å². The van der Waals surface area contributed by atoms with Gasteiger partial charge in [-0.3, -0.25) is 29.1 Å². The first-order valence-electron chi connectivity index (χ1n) is 12.1. The van der Waals surface area contributed by atoms with Crippen LogP contribution in [0.15, 0.2) is 54.7 Å². The van der Waals surface area contributed by atoms with Crippen molar-refractivity contribution in [2.24, 2.45) is 13.0 Å². The Kier molecular flexibility index (Phi) is 6.51. The minimum atomic E-state index is -0.777. The van der Waals surface area contributed by atoms with Crippen molar-refractivity contribution in [1.29, 1.82) is 0 Å². The molecule has 36 heavy (non-hydrogen) atoms. The van der Waals surface area contributed by atoms with Crippen molar-refractivity contribution in [2.75, 3.05) is 18.4 Å². The molecule has 2 N–H and O–H groups in total. The minimum Gasteiger partial charge on any atom is -0.340 e. The second-order valence-electron chi connectivity index (χ2n) is 9.25. The number of nitrogens with zero attached hydrogens (tertiary/aromatic N) is 5. The van der Waals surface area contributed by atoms with Gasteiger partial charge in [0, 0.05) is 51.3 Å². The molecule has 3 aromatic rings. The third kappa shape index (κ3) is 4.72. The molecular weight excluding hydrogens is 458 g/mol. The van der Waals surface area contributed by atoms with Crippen LogP contribution in [0.25, 0.3) is 11.4 Å². The van der Waals surface area contributed by atoms with E-state index in [4.69, 9.17) is 0 Å². The number of nitrogens with one attached hydrogen (secondary N) is 2. The maximum atomic E-state index is 13.3. The summed E-state index contributed by atoms with van der Waals surface area (Å²) < 4.78 is 1.57. The lowest BCUT2D eigenvalue weighted by Gasteiger charge is -2.28. The number of hydrogen-bond acceptors (Lipinski definition) is 6. The number of rotatable bonds is 6. The van der Waals surface area contributed by atoms with E-state index in [0.717, 1.165) is 24.1 Å². The molecular formula is C26H29N7O3. The van der Waals surface area contributed by atoms with Crippen LogP contribution in [-0.2, 0) is 28.0 Å². The Morgan fingerprint density at radius 3 is 2.72 bits per heavy atom. The summed E-state index contributed by atoms with van der Waals surface area (Å²) >= 11 is 0. The summed E-state index contributed by atoms with van der Waals surface area (Å²) in [5.41, 5.74) is 3.16. The Bertz CT molecular complexity index is 1290. The molecule has 10 heteroatoms. The lowest BCUT2D eigenvalue weighted by Crippen LogP contribution is -2.46. The van der Waals surface area contributed by atoms with Crippen molar-refractivity contribution in [3.05, 3.63) is 65.9 Å². The average Bonchev–Trinajstić information content (AvgIpc) is 3.47. The van der Waals surface area contributed by atoms with Gasteiger partial charge in [-0.15, -0.1) is 0 Å². The van der Waals surface area contributed by atoms with E-state index in [1.54, 1.807) is 35.9 Å². The number of fused-ring (bicyclic) bond motifs is 2. The maximum absolute atomic E-state index is 13.3. The first kappa shape index (κ1) is 23.7. The number of hydrogen-bond donors (Lipinski definition) is 2. The molecule has 10 nitrogen and oxygen atoms in total. The van der Waals surface area contributed by atoms with Crippen molar-refractivity contribution >= 4 is 23.5 Å². The quantitative estimate of drug-likeness (QED) is 0.552. The van der Waals surface area contributed by atoms with Crippen LogP contribution in [0.1, 0.15) is 36.9 Å². The second-order valence-corrected chi connectivity index (χ2v) is 9.25. The average molecular weight is 488 g/mol. The topological polar surface area (TPSA) is 112 Å². The molecule has 0 saturated carbocycles. The molecule has 0 spiro atoms. The van der Waals surface area contributed by atoms with Gasteiger partial charge in [0.25, 0.3) is 5.91 Å². The number of carbonyl (C=O) groups is 3. The first-order chi connectivity index (χ1) is 17.4. The van der Waals surface area contributed by atoms with Crippen LogP contribution in [-0.4, -0.2) is 55.6 Å². The fraction of sp³-hybridized carbons (Fsp3) is 0.346. The van der Waals surface area contributed by atoms with Crippen LogP contribution in [0.4, 0.5) is 5.82 Å². The first-order valence-corrected chi connectivity index (χ1v) is 12.1. The Hall–Kier alpha value is -4.05. The predicted molar refractivity (Wildman–Crippen MR) is 133 cm³/mol. The van der Waals surface area contributed by atoms with E-state index in [0.29, 0.717) is 30.3 Å². The third-order valence-corrected chi connectivity index (χ3v) is 6.65. The van der Waals surface area contributed by atoms with Crippen molar-refractivity contribution in [1.82, 2.24) is 30.1 Å². The predicted octanol–water partition coefficient (Wildman–Crippen LogP) is 2.27. The lowest BCUT2D eigenvalue weighted by molar-refractivity contribution is -0.148. The van der Waals surface area contributed by atoms with Gasteiger partial charge in [-0.1, -0.05) is 37.3 Å². The Labute approximate surface area is 209 Å². The molecule has 1 saturated heterocycles. The van der Waals surface area contributed by atoms with E-state index < -0.39 is 12.0 Å². The highest BCUT2D eigenvalue weighted by atomic mass is 16.2. The highest BCUT2D eigenvalue weighted by molar-refractivity contribution is 5.95. The zero-order chi connectivity index (χ0) is 25.2. The van der Waals surface area contributed by atoms with Gasteiger partial charge in [-0.2, -0.15) is 5.10 Å². The summed E-state index contributed by atoms with van der Waals surface area (Å²) in [6.45, 7) is 3.78. The Morgan fingerprint density at radius 1 is 1.11 bits per heavy atom. The molecule has 0 bridgehead atoms. The number of carbonyl (C=O) groups excluding carboxylic acids is 3. The van der Waals surface area contributed by atoms with E-state index >= 15 is 0 Å². The van der Waals surface area contributed by atoms with Gasteiger partial charge in [0.1, 0.15) is 17.6 Å². The molecule has 2 aromatic heterocycles. The summed E-state index contributed by atoms with van der Waals surface area (Å²) in [6.07, 6.45) is 2.55. The highest BCUT2D eigenvalue weighted by Gasteiger charge is 2.38. The monoisotopic (exact) mass is 487 g/mol. The van der Waals surface area contributed by atoms with Gasteiger partial charge in [0.2, 0.25) is 11.8 Å². The van der Waals surface area contributed by atoms with Crippen LogP contribution >= 0.6 is 0 Å². The van der Waals surface area contributed by atoms with Gasteiger partial charge in [-0.25, -0.2) is 5.01 Å². The third-order valence-electron chi connectivity index (χ3n) is 6.65. The molecule has 2 aliphatic rings. The van der Waals surface area contributed by atoms with Crippen LogP contribution in [0.5, 0.6) is 0 Å². The SMILES string of the molecule is C[C@H](CC(=O)Nc1cc(-c2ccccn2)nn1C)C(=O)N[C@@H]1C(=O)N2CCCN2Cc2ccccc21. The largest absolute Gasteiger partial charge is 0.340 e. The number of hydrazine groups is 1. The summed E-state index contributed by atoms with van der Waals surface area (Å²) in [5.74, 6) is -0.919. The van der Waals surface area contributed by atoms with E-state index in [2.05, 4.69) is 20.7 Å². The zero-order valence-electron chi connectivity index (χ0n) is 20.3. The summed E-state index contributed by atoms with van der Waals surface area (Å²) in [7, 11) is 1.73. The highest BCUT2D eigenvalue weighted by Crippen LogP contribution is 2.30. The zero-order valence-corrected chi connectivity index (χ0v) is 20.3. The molecule has 4 heterocycles. The lowest BCUT2D eigenvalue weighted by atomic mass is 9.98. The van der Waals surface area contributed by atoms with Crippen LogP contribution in [0.3, 0.4) is 0 Å². The molecule has 1 aromatic carbocycles. The number of aryl methyl sites for hydroxylation is 1. The maximum Gasteiger partial charge on any atom is 0.264 e. The summed E-state index contributed by atoms with van der Waals surface area (Å²) in [4.78, 5) is 43.5. The van der Waals surface area contributed by atoms with Crippen molar-refractivity contribution in [2.45, 2.75) is 32.4 Å². The Morgan fingerprint density at radius 2 is 1.92 bits per heavy atom. The molecule has 2 atom stereocenters. The number of anilines is 1. The van der Waals surface area contributed by atoms with Crippen LogP contribution in [0.2, 0.25) is 0 Å². The minimum absolute atomic E-state index is 0.0334. The summed E-state index contributed by atoms with van der Waals surface area (Å²) in [6, 6.07) is 14.2. The van der Waals surface area contributed by atoms with Gasteiger partial charge < -0.3 is 10.6 Å².